The van der Waals surface area contributed by atoms with E-state index in [1.807, 2.05) is 31.3 Å². The molecule has 0 spiro atoms. The quantitative estimate of drug-likeness (QED) is 0.498. The molecule has 0 atom stereocenters. The Balaban J connectivity index is 1.71. The molecular formula is C24H21N3O2. The van der Waals surface area contributed by atoms with Gasteiger partial charge in [0.05, 0.1) is 5.69 Å². The molecule has 0 fully saturated rings. The summed E-state index contributed by atoms with van der Waals surface area (Å²) in [5.41, 5.74) is 11.0. The van der Waals surface area contributed by atoms with E-state index in [2.05, 4.69) is 25.3 Å². The molecule has 0 bridgehead atoms. The maximum absolute atomic E-state index is 13.4. The van der Waals surface area contributed by atoms with Gasteiger partial charge in [-0.1, -0.05) is 32.6 Å². The predicted molar refractivity (Wildman–Crippen MR) is 117 cm³/mol. The number of anilines is 3. The van der Waals surface area contributed by atoms with Crippen molar-refractivity contribution in [2.24, 2.45) is 0 Å². The molecule has 5 nitrogen and oxygen atoms in total. The van der Waals surface area contributed by atoms with Crippen molar-refractivity contribution in [2.45, 2.75) is 19.3 Å². The lowest BCUT2D eigenvalue weighted by molar-refractivity contribution is 0.0893. The highest BCUT2D eigenvalue weighted by Crippen LogP contribution is 2.48. The number of imide groups is 1. The molecule has 144 valence electrons. The minimum absolute atomic E-state index is 0.283. The van der Waals surface area contributed by atoms with Crippen LogP contribution in [0.15, 0.2) is 60.8 Å². The van der Waals surface area contributed by atoms with Crippen molar-refractivity contribution < 1.29 is 9.59 Å². The fraction of sp³-hybridized carbons (Fsp3) is 0.167. The second kappa shape index (κ2) is 5.47. The molecule has 2 heterocycles. The molecule has 5 heteroatoms. The number of hydrogen-bond acceptors (Lipinski definition) is 4. The van der Waals surface area contributed by atoms with Gasteiger partial charge in [0, 0.05) is 51.4 Å². The van der Waals surface area contributed by atoms with E-state index in [1.54, 1.807) is 24.3 Å². The van der Waals surface area contributed by atoms with Crippen LogP contribution in [0.4, 0.5) is 17.1 Å². The second-order valence-corrected chi connectivity index (χ2v) is 8.21. The SMILES string of the molecule is C=C1N(C)c2ccc(N3C(=O)c4cccc5c(N)ccc(c45)C3=O)cc2C1(C)C. The molecule has 29 heavy (non-hydrogen) atoms. The smallest absolute Gasteiger partial charge is 0.265 e. The minimum atomic E-state index is -0.332. The third-order valence-electron chi connectivity index (χ3n) is 6.34. The number of carbonyl (C=O) groups excluding carboxylic acids is 2. The van der Waals surface area contributed by atoms with E-state index in [9.17, 15) is 9.59 Å². The number of carbonyl (C=O) groups is 2. The van der Waals surface area contributed by atoms with Crippen molar-refractivity contribution in [2.75, 3.05) is 22.6 Å². The maximum atomic E-state index is 13.4. The summed E-state index contributed by atoms with van der Waals surface area (Å²) in [5.74, 6) is -0.664. The molecule has 2 aliphatic rings. The minimum Gasteiger partial charge on any atom is -0.398 e. The van der Waals surface area contributed by atoms with Crippen molar-refractivity contribution in [1.29, 1.82) is 0 Å². The lowest BCUT2D eigenvalue weighted by Crippen LogP contribution is -2.40. The highest BCUT2D eigenvalue weighted by molar-refractivity contribution is 6.36. The van der Waals surface area contributed by atoms with Crippen molar-refractivity contribution in [3.05, 3.63) is 77.5 Å². The zero-order chi connectivity index (χ0) is 20.7. The van der Waals surface area contributed by atoms with E-state index >= 15 is 0 Å². The van der Waals surface area contributed by atoms with Gasteiger partial charge in [-0.25, -0.2) is 4.90 Å². The van der Waals surface area contributed by atoms with Gasteiger partial charge in [-0.15, -0.1) is 0 Å². The summed E-state index contributed by atoms with van der Waals surface area (Å²) >= 11 is 0. The summed E-state index contributed by atoms with van der Waals surface area (Å²) in [7, 11) is 1.98. The molecule has 0 aromatic heterocycles. The van der Waals surface area contributed by atoms with Crippen molar-refractivity contribution in [3.8, 4) is 0 Å². The van der Waals surface area contributed by atoms with E-state index in [0.29, 0.717) is 27.9 Å². The first-order valence-electron chi connectivity index (χ1n) is 9.51. The molecule has 0 saturated carbocycles. The van der Waals surface area contributed by atoms with Crippen LogP contribution in [0, 0.1) is 0 Å². The molecule has 5 rings (SSSR count). The van der Waals surface area contributed by atoms with E-state index in [4.69, 9.17) is 5.73 Å². The zero-order valence-corrected chi connectivity index (χ0v) is 16.6. The second-order valence-electron chi connectivity index (χ2n) is 8.21. The summed E-state index contributed by atoms with van der Waals surface area (Å²) in [5, 5.41) is 1.36. The zero-order valence-electron chi connectivity index (χ0n) is 16.6. The number of hydrogen-bond donors (Lipinski definition) is 1. The number of allylic oxidation sites excluding steroid dienone is 1. The molecule has 0 aliphatic carbocycles. The number of benzene rings is 3. The summed E-state index contributed by atoms with van der Waals surface area (Å²) in [4.78, 5) is 30.0. The molecule has 2 aliphatic heterocycles. The van der Waals surface area contributed by atoms with Crippen molar-refractivity contribution in [1.82, 2.24) is 0 Å². The van der Waals surface area contributed by atoms with E-state index in [1.165, 1.54) is 4.90 Å². The van der Waals surface area contributed by atoms with Crippen LogP contribution in [0.3, 0.4) is 0 Å². The van der Waals surface area contributed by atoms with Gasteiger partial charge >= 0.3 is 0 Å². The molecule has 0 saturated heterocycles. The van der Waals surface area contributed by atoms with Gasteiger partial charge in [0.2, 0.25) is 0 Å². The lowest BCUT2D eigenvalue weighted by Gasteiger charge is -2.28. The van der Waals surface area contributed by atoms with Gasteiger partial charge in [0.15, 0.2) is 0 Å². The van der Waals surface area contributed by atoms with E-state index < -0.39 is 0 Å². The molecule has 3 aromatic rings. The number of nitrogens with zero attached hydrogens (tertiary/aromatic N) is 2. The van der Waals surface area contributed by atoms with E-state index in [-0.39, 0.29) is 17.2 Å². The van der Waals surface area contributed by atoms with Crippen LogP contribution in [-0.4, -0.2) is 18.9 Å². The van der Waals surface area contributed by atoms with Gasteiger partial charge in [-0.3, -0.25) is 9.59 Å². The van der Waals surface area contributed by atoms with Gasteiger partial charge in [0.1, 0.15) is 0 Å². The maximum Gasteiger partial charge on any atom is 0.265 e. The Kier molecular flexibility index (Phi) is 3.30. The molecule has 2 amide bonds. The first-order valence-corrected chi connectivity index (χ1v) is 9.51. The molecular weight excluding hydrogens is 362 g/mol. The van der Waals surface area contributed by atoms with Crippen LogP contribution in [-0.2, 0) is 5.41 Å². The van der Waals surface area contributed by atoms with Crippen LogP contribution in [0.2, 0.25) is 0 Å². The Morgan fingerprint density at radius 1 is 0.966 bits per heavy atom. The molecule has 0 unspecified atom stereocenters. The molecule has 0 radical (unpaired) electrons. The number of fused-ring (bicyclic) bond motifs is 1. The Morgan fingerprint density at radius 2 is 1.66 bits per heavy atom. The lowest BCUT2D eigenvalue weighted by atomic mass is 9.84. The van der Waals surface area contributed by atoms with Gasteiger partial charge in [0.25, 0.3) is 11.8 Å². The fourth-order valence-electron chi connectivity index (χ4n) is 4.53. The summed E-state index contributed by atoms with van der Waals surface area (Å²) in [6.07, 6.45) is 0. The number of nitrogens with two attached hydrogens (primary N) is 1. The topological polar surface area (TPSA) is 66.6 Å². The van der Waals surface area contributed by atoms with E-state index in [0.717, 1.165) is 22.3 Å². The first-order chi connectivity index (χ1) is 13.7. The van der Waals surface area contributed by atoms with Crippen LogP contribution >= 0.6 is 0 Å². The average molecular weight is 383 g/mol. The Labute approximate surface area is 169 Å². The number of nitrogen functional groups attached to an aromatic ring is 1. The van der Waals surface area contributed by atoms with Gasteiger partial charge in [-0.05, 0) is 42.0 Å². The van der Waals surface area contributed by atoms with Crippen LogP contribution in [0.5, 0.6) is 0 Å². The van der Waals surface area contributed by atoms with Crippen molar-refractivity contribution in [3.63, 3.8) is 0 Å². The average Bonchev–Trinajstić information content (AvgIpc) is 2.87. The highest BCUT2D eigenvalue weighted by Gasteiger charge is 2.39. The third-order valence-corrected chi connectivity index (χ3v) is 6.34. The largest absolute Gasteiger partial charge is 0.398 e. The Bertz CT molecular complexity index is 1250. The Morgan fingerprint density at radius 3 is 2.38 bits per heavy atom. The number of likely N-dealkylation sites (N-methyl/N-ethyl adjacent to an activating group) is 1. The standard InChI is InChI=1S/C24H21N3O2/c1-13-24(2,3)18-12-14(8-11-20(18)26(13)4)27-22(28)16-7-5-6-15-19(25)10-9-17(21(15)16)23(27)29/h5-12H,1,25H2,2-4H3. The van der Waals surface area contributed by atoms with Crippen molar-refractivity contribution >= 4 is 39.6 Å². The molecule has 3 aromatic carbocycles. The van der Waals surface area contributed by atoms with Crippen LogP contribution < -0.4 is 15.5 Å². The predicted octanol–water partition coefficient (Wildman–Crippen LogP) is 4.46. The highest BCUT2D eigenvalue weighted by atomic mass is 16.2. The number of amides is 2. The summed E-state index contributed by atoms with van der Waals surface area (Å²) < 4.78 is 0. The van der Waals surface area contributed by atoms with Crippen LogP contribution in [0.25, 0.3) is 10.8 Å². The monoisotopic (exact) mass is 383 g/mol. The summed E-state index contributed by atoms with van der Waals surface area (Å²) in [6.45, 7) is 8.40. The van der Waals surface area contributed by atoms with Gasteiger partial charge < -0.3 is 10.6 Å². The Hall–Kier alpha value is -3.60. The number of rotatable bonds is 1. The van der Waals surface area contributed by atoms with Crippen LogP contribution in [0.1, 0.15) is 40.1 Å². The normalized spacial score (nSPS) is 17.3. The third kappa shape index (κ3) is 2.10. The fourth-order valence-corrected chi connectivity index (χ4v) is 4.53. The summed E-state index contributed by atoms with van der Waals surface area (Å²) in [6, 6.07) is 14.5. The first kappa shape index (κ1) is 17.5. The molecule has 2 N–H and O–H groups in total. The van der Waals surface area contributed by atoms with Gasteiger partial charge in [-0.2, -0.15) is 0 Å².